The van der Waals surface area contributed by atoms with E-state index in [1.165, 1.54) is 18.2 Å². The molecule has 116 valence electrons. The largest absolute Gasteiger partial charge is 0.435 e. The molecule has 0 amide bonds. The second-order valence-corrected chi connectivity index (χ2v) is 5.14. The number of nitro groups is 1. The minimum Gasteiger partial charge on any atom is -0.258 e. The van der Waals surface area contributed by atoms with E-state index in [2.05, 4.69) is 5.10 Å². The van der Waals surface area contributed by atoms with Gasteiger partial charge in [0.2, 0.25) is 0 Å². The summed E-state index contributed by atoms with van der Waals surface area (Å²) in [5, 5.41) is 14.8. The Morgan fingerprint density at radius 3 is 2.55 bits per heavy atom. The van der Waals surface area contributed by atoms with Crippen molar-refractivity contribution in [1.29, 1.82) is 0 Å². The van der Waals surface area contributed by atoms with E-state index < -0.39 is 16.8 Å². The van der Waals surface area contributed by atoms with E-state index in [1.807, 2.05) is 0 Å². The Labute approximate surface area is 123 Å². The van der Waals surface area contributed by atoms with Crippen LogP contribution in [0, 0.1) is 10.1 Å². The highest BCUT2D eigenvalue weighted by molar-refractivity contribution is 5.53. The average Bonchev–Trinajstić information content (AvgIpc) is 2.86. The highest BCUT2D eigenvalue weighted by Crippen LogP contribution is 2.37. The number of fused-ring (bicyclic) bond motifs is 1. The quantitative estimate of drug-likeness (QED) is 0.628. The first-order chi connectivity index (χ1) is 10.4. The summed E-state index contributed by atoms with van der Waals surface area (Å²) in [6.07, 6.45) is -2.42. The molecule has 1 aliphatic rings. The molecule has 1 aromatic carbocycles. The van der Waals surface area contributed by atoms with Crippen LogP contribution >= 0.6 is 0 Å². The van der Waals surface area contributed by atoms with Crippen molar-refractivity contribution in [2.45, 2.75) is 31.9 Å². The Hall–Kier alpha value is -2.38. The molecule has 22 heavy (non-hydrogen) atoms. The topological polar surface area (TPSA) is 61.0 Å². The van der Waals surface area contributed by atoms with Gasteiger partial charge in [0, 0.05) is 17.3 Å². The standard InChI is InChI=1S/C14H12F3N3O2/c15-14(16,17)13-9-5-1-2-6-10(9)19(18-13)11-7-3-4-8-12(11)20(21)22/h3-4,7-8H,1-2,5-6H2. The smallest absolute Gasteiger partial charge is 0.258 e. The Bertz CT molecular complexity index is 737. The molecule has 0 unspecified atom stereocenters. The molecule has 0 bridgehead atoms. The van der Waals surface area contributed by atoms with Gasteiger partial charge in [-0.2, -0.15) is 18.3 Å². The van der Waals surface area contributed by atoms with Crippen molar-refractivity contribution in [3.63, 3.8) is 0 Å². The van der Waals surface area contributed by atoms with Crippen LogP contribution in [-0.2, 0) is 19.0 Å². The second-order valence-electron chi connectivity index (χ2n) is 5.14. The molecule has 1 aliphatic carbocycles. The number of hydrogen-bond donors (Lipinski definition) is 0. The van der Waals surface area contributed by atoms with Gasteiger partial charge in [0.15, 0.2) is 5.69 Å². The highest BCUT2D eigenvalue weighted by atomic mass is 19.4. The fourth-order valence-corrected chi connectivity index (χ4v) is 2.82. The summed E-state index contributed by atoms with van der Waals surface area (Å²) in [6, 6.07) is 5.70. The number of nitrogens with zero attached hydrogens (tertiary/aromatic N) is 3. The number of nitro benzene ring substituents is 1. The Balaban J connectivity index is 2.25. The first-order valence-electron chi connectivity index (χ1n) is 6.81. The lowest BCUT2D eigenvalue weighted by atomic mass is 9.95. The van der Waals surface area contributed by atoms with Crippen molar-refractivity contribution in [1.82, 2.24) is 9.78 Å². The second kappa shape index (κ2) is 5.11. The third-order valence-electron chi connectivity index (χ3n) is 3.76. The van der Waals surface area contributed by atoms with Gasteiger partial charge < -0.3 is 0 Å². The van der Waals surface area contributed by atoms with Gasteiger partial charge in [-0.3, -0.25) is 10.1 Å². The lowest BCUT2D eigenvalue weighted by Gasteiger charge is -2.14. The predicted molar refractivity (Wildman–Crippen MR) is 71.9 cm³/mol. The van der Waals surface area contributed by atoms with Crippen LogP contribution < -0.4 is 0 Å². The molecule has 5 nitrogen and oxygen atoms in total. The van der Waals surface area contributed by atoms with Gasteiger partial charge in [0.25, 0.3) is 5.69 Å². The van der Waals surface area contributed by atoms with Crippen LogP contribution in [0.15, 0.2) is 24.3 Å². The number of rotatable bonds is 2. The number of para-hydroxylation sites is 2. The van der Waals surface area contributed by atoms with Crippen molar-refractivity contribution in [2.24, 2.45) is 0 Å². The van der Waals surface area contributed by atoms with Gasteiger partial charge in [-0.25, -0.2) is 4.68 Å². The van der Waals surface area contributed by atoms with E-state index in [-0.39, 0.29) is 16.9 Å². The van der Waals surface area contributed by atoms with Crippen molar-refractivity contribution in [3.05, 3.63) is 51.3 Å². The molecule has 1 heterocycles. The SMILES string of the molecule is O=[N+]([O-])c1ccccc1-n1nc(C(F)(F)F)c2c1CCCC2. The number of benzene rings is 1. The fourth-order valence-electron chi connectivity index (χ4n) is 2.82. The molecular formula is C14H12F3N3O2. The average molecular weight is 311 g/mol. The molecule has 0 saturated heterocycles. The maximum absolute atomic E-state index is 13.2. The van der Waals surface area contributed by atoms with E-state index in [0.29, 0.717) is 25.0 Å². The van der Waals surface area contributed by atoms with Crippen LogP contribution in [-0.4, -0.2) is 14.7 Å². The molecule has 0 N–H and O–H groups in total. The summed E-state index contributed by atoms with van der Waals surface area (Å²) < 4.78 is 40.6. The van der Waals surface area contributed by atoms with Gasteiger partial charge in [-0.1, -0.05) is 12.1 Å². The van der Waals surface area contributed by atoms with Crippen molar-refractivity contribution in [3.8, 4) is 5.69 Å². The van der Waals surface area contributed by atoms with Gasteiger partial charge >= 0.3 is 6.18 Å². The summed E-state index contributed by atoms with van der Waals surface area (Å²) >= 11 is 0. The molecule has 3 rings (SSSR count). The Morgan fingerprint density at radius 2 is 1.86 bits per heavy atom. The zero-order valence-corrected chi connectivity index (χ0v) is 11.4. The summed E-state index contributed by atoms with van der Waals surface area (Å²) in [5.41, 5.74) is -0.529. The summed E-state index contributed by atoms with van der Waals surface area (Å²) in [4.78, 5) is 10.5. The van der Waals surface area contributed by atoms with E-state index in [1.54, 1.807) is 6.07 Å². The zero-order chi connectivity index (χ0) is 15.9. The van der Waals surface area contributed by atoms with Crippen molar-refractivity contribution >= 4 is 5.69 Å². The summed E-state index contributed by atoms with van der Waals surface area (Å²) in [7, 11) is 0. The van der Waals surface area contributed by atoms with Crippen LogP contribution in [0.1, 0.15) is 29.8 Å². The van der Waals surface area contributed by atoms with Crippen LogP contribution in [0.5, 0.6) is 0 Å². The molecule has 0 aliphatic heterocycles. The third-order valence-corrected chi connectivity index (χ3v) is 3.76. The number of alkyl halides is 3. The summed E-state index contributed by atoms with van der Waals surface area (Å²) in [6.45, 7) is 0. The molecule has 8 heteroatoms. The molecule has 0 radical (unpaired) electrons. The van der Waals surface area contributed by atoms with Crippen LogP contribution in [0.4, 0.5) is 18.9 Å². The Morgan fingerprint density at radius 1 is 1.18 bits per heavy atom. The highest BCUT2D eigenvalue weighted by Gasteiger charge is 2.40. The van der Waals surface area contributed by atoms with Gasteiger partial charge in [0.05, 0.1) is 4.92 Å². The molecule has 1 aromatic heterocycles. The first kappa shape index (κ1) is 14.6. The molecule has 0 fully saturated rings. The van der Waals surface area contributed by atoms with E-state index in [9.17, 15) is 23.3 Å². The number of aromatic nitrogens is 2. The van der Waals surface area contributed by atoms with E-state index in [0.717, 1.165) is 11.1 Å². The maximum atomic E-state index is 13.2. The molecule has 0 spiro atoms. The maximum Gasteiger partial charge on any atom is 0.435 e. The lowest BCUT2D eigenvalue weighted by Crippen LogP contribution is -2.11. The molecule has 0 saturated carbocycles. The predicted octanol–water partition coefficient (Wildman–Crippen LogP) is 3.68. The van der Waals surface area contributed by atoms with Gasteiger partial charge in [0.1, 0.15) is 5.69 Å². The zero-order valence-electron chi connectivity index (χ0n) is 11.4. The van der Waals surface area contributed by atoms with Crippen molar-refractivity contribution in [2.75, 3.05) is 0 Å². The fraction of sp³-hybridized carbons (Fsp3) is 0.357. The first-order valence-corrected chi connectivity index (χ1v) is 6.81. The van der Waals surface area contributed by atoms with Crippen LogP contribution in [0.2, 0.25) is 0 Å². The number of hydrogen-bond acceptors (Lipinski definition) is 3. The minimum atomic E-state index is -4.56. The summed E-state index contributed by atoms with van der Waals surface area (Å²) in [5.74, 6) is 0. The molecule has 0 atom stereocenters. The minimum absolute atomic E-state index is 0.0705. The lowest BCUT2D eigenvalue weighted by molar-refractivity contribution is -0.384. The molecular weight excluding hydrogens is 299 g/mol. The van der Waals surface area contributed by atoms with E-state index >= 15 is 0 Å². The van der Waals surface area contributed by atoms with Crippen LogP contribution in [0.25, 0.3) is 5.69 Å². The van der Waals surface area contributed by atoms with Gasteiger partial charge in [-0.05, 0) is 31.7 Å². The van der Waals surface area contributed by atoms with Crippen LogP contribution in [0.3, 0.4) is 0 Å². The van der Waals surface area contributed by atoms with E-state index in [4.69, 9.17) is 0 Å². The molecule has 2 aromatic rings. The normalized spacial score (nSPS) is 14.7. The third kappa shape index (κ3) is 2.34. The number of halogens is 3. The Kier molecular flexibility index (Phi) is 3.38. The van der Waals surface area contributed by atoms with Crippen molar-refractivity contribution < 1.29 is 18.1 Å². The van der Waals surface area contributed by atoms with Gasteiger partial charge in [-0.15, -0.1) is 0 Å². The monoisotopic (exact) mass is 311 g/mol.